The van der Waals surface area contributed by atoms with Crippen molar-refractivity contribution in [3.05, 3.63) is 0 Å². The number of carbonyl (C=O) groups is 1. The van der Waals surface area contributed by atoms with Crippen molar-refractivity contribution >= 4 is 5.97 Å². The van der Waals surface area contributed by atoms with Gasteiger partial charge >= 0.3 is 5.97 Å². The molecule has 0 heterocycles. The normalized spacial score (nSPS) is 14.4. The van der Waals surface area contributed by atoms with E-state index in [1.807, 2.05) is 6.92 Å². The van der Waals surface area contributed by atoms with Crippen LogP contribution in [0.25, 0.3) is 0 Å². The van der Waals surface area contributed by atoms with Crippen molar-refractivity contribution in [2.75, 3.05) is 46.7 Å². The van der Waals surface area contributed by atoms with Crippen LogP contribution in [-0.4, -0.2) is 63.3 Å². The molecule has 0 saturated carbocycles. The van der Waals surface area contributed by atoms with E-state index in [2.05, 4.69) is 5.32 Å². The molecule has 0 saturated heterocycles. The Morgan fingerprint density at radius 1 is 1.22 bits per heavy atom. The van der Waals surface area contributed by atoms with Crippen LogP contribution in [0.1, 0.15) is 20.3 Å². The molecule has 0 radical (unpaired) electrons. The molecular formula is C12H25NO5. The molecule has 0 aliphatic rings. The van der Waals surface area contributed by atoms with Gasteiger partial charge in [0.2, 0.25) is 0 Å². The molecule has 6 heteroatoms. The lowest BCUT2D eigenvalue weighted by molar-refractivity contribution is -0.147. The van der Waals surface area contributed by atoms with E-state index >= 15 is 0 Å². The second-order valence-electron chi connectivity index (χ2n) is 4.18. The van der Waals surface area contributed by atoms with E-state index in [1.165, 1.54) is 0 Å². The summed E-state index contributed by atoms with van der Waals surface area (Å²) in [7, 11) is 1.65. The van der Waals surface area contributed by atoms with Crippen molar-refractivity contribution in [2.45, 2.75) is 25.8 Å². The lowest BCUT2D eigenvalue weighted by Crippen LogP contribution is -2.53. The van der Waals surface area contributed by atoms with E-state index in [0.29, 0.717) is 33.0 Å². The van der Waals surface area contributed by atoms with Gasteiger partial charge in [-0.05, 0) is 19.9 Å². The molecular weight excluding hydrogens is 238 g/mol. The van der Waals surface area contributed by atoms with Gasteiger partial charge in [-0.2, -0.15) is 0 Å². The summed E-state index contributed by atoms with van der Waals surface area (Å²) >= 11 is 0. The van der Waals surface area contributed by atoms with Gasteiger partial charge in [-0.3, -0.25) is 4.79 Å². The first kappa shape index (κ1) is 17.3. The van der Waals surface area contributed by atoms with Gasteiger partial charge in [0.1, 0.15) is 5.54 Å². The number of ether oxygens (including phenoxy) is 3. The summed E-state index contributed by atoms with van der Waals surface area (Å²) in [5.41, 5.74) is -1.04. The first-order chi connectivity index (χ1) is 8.56. The minimum Gasteiger partial charge on any atom is -0.480 e. The molecule has 0 aromatic rings. The number of carboxylic acids is 1. The predicted octanol–water partition coefficient (Wildman–Crippen LogP) is 0.509. The lowest BCUT2D eigenvalue weighted by atomic mass is 10.0. The second kappa shape index (κ2) is 10.3. The quantitative estimate of drug-likeness (QED) is 0.500. The van der Waals surface area contributed by atoms with Gasteiger partial charge in [0.05, 0.1) is 19.8 Å². The van der Waals surface area contributed by atoms with Crippen molar-refractivity contribution in [1.29, 1.82) is 0 Å². The molecule has 0 spiro atoms. The minimum atomic E-state index is -1.04. The maximum atomic E-state index is 11.1. The summed E-state index contributed by atoms with van der Waals surface area (Å²) in [6.07, 6.45) is 0.848. The lowest BCUT2D eigenvalue weighted by Gasteiger charge is -2.25. The van der Waals surface area contributed by atoms with Crippen LogP contribution < -0.4 is 5.32 Å². The van der Waals surface area contributed by atoms with Gasteiger partial charge in [0.25, 0.3) is 0 Å². The van der Waals surface area contributed by atoms with Crippen LogP contribution >= 0.6 is 0 Å². The molecule has 0 amide bonds. The average molecular weight is 263 g/mol. The van der Waals surface area contributed by atoms with Gasteiger partial charge < -0.3 is 24.6 Å². The summed E-state index contributed by atoms with van der Waals surface area (Å²) in [4.78, 5) is 11.1. The molecule has 2 N–H and O–H groups in total. The molecule has 1 unspecified atom stereocenters. The molecule has 0 fully saturated rings. The van der Waals surface area contributed by atoms with Crippen molar-refractivity contribution in [1.82, 2.24) is 5.32 Å². The van der Waals surface area contributed by atoms with E-state index in [9.17, 15) is 4.79 Å². The fourth-order valence-electron chi connectivity index (χ4n) is 1.38. The Kier molecular flexibility index (Phi) is 9.86. The first-order valence-corrected chi connectivity index (χ1v) is 6.19. The minimum absolute atomic E-state index is 0.123. The molecule has 0 bridgehead atoms. The highest BCUT2D eigenvalue weighted by Gasteiger charge is 2.32. The van der Waals surface area contributed by atoms with E-state index in [0.717, 1.165) is 6.42 Å². The smallest absolute Gasteiger partial charge is 0.326 e. The van der Waals surface area contributed by atoms with Crippen LogP contribution in [0.3, 0.4) is 0 Å². The third-order valence-electron chi connectivity index (χ3n) is 2.44. The average Bonchev–Trinajstić information content (AvgIpc) is 2.33. The number of rotatable bonds is 12. The Bertz CT molecular complexity index is 225. The number of nitrogens with one attached hydrogen (secondary N) is 1. The molecule has 0 rings (SSSR count). The third-order valence-corrected chi connectivity index (χ3v) is 2.44. The van der Waals surface area contributed by atoms with Crippen molar-refractivity contribution in [2.24, 2.45) is 0 Å². The molecule has 6 nitrogen and oxygen atoms in total. The summed E-state index contributed by atoms with van der Waals surface area (Å²) in [5, 5.41) is 12.0. The summed E-state index contributed by atoms with van der Waals surface area (Å²) in [6, 6.07) is 0. The van der Waals surface area contributed by atoms with Gasteiger partial charge in [-0.25, -0.2) is 0 Å². The van der Waals surface area contributed by atoms with E-state index in [4.69, 9.17) is 19.3 Å². The maximum absolute atomic E-state index is 11.1. The molecule has 0 aromatic carbocycles. The summed E-state index contributed by atoms with van der Waals surface area (Å²) in [6.45, 7) is 6.33. The molecule has 0 aromatic heterocycles. The predicted molar refractivity (Wildman–Crippen MR) is 67.8 cm³/mol. The van der Waals surface area contributed by atoms with Crippen molar-refractivity contribution in [3.63, 3.8) is 0 Å². The Hall–Kier alpha value is -0.690. The maximum Gasteiger partial charge on any atom is 0.326 e. The first-order valence-electron chi connectivity index (χ1n) is 6.19. The van der Waals surface area contributed by atoms with Gasteiger partial charge in [-0.15, -0.1) is 0 Å². The highest BCUT2D eigenvalue weighted by Crippen LogP contribution is 2.04. The fraction of sp³-hybridized carbons (Fsp3) is 0.917. The molecule has 108 valence electrons. The highest BCUT2D eigenvalue weighted by molar-refractivity contribution is 5.78. The number of methoxy groups -OCH3 is 1. The number of hydrogen-bond donors (Lipinski definition) is 2. The van der Waals surface area contributed by atoms with Crippen LogP contribution in [-0.2, 0) is 19.0 Å². The number of likely N-dealkylation sites (N-methyl/N-ethyl adjacent to an activating group) is 1. The SMILES string of the molecule is CCNC(C)(COCCOCCCOC)C(=O)O. The van der Waals surface area contributed by atoms with Crippen LogP contribution in [0.4, 0.5) is 0 Å². The Morgan fingerprint density at radius 2 is 1.89 bits per heavy atom. The highest BCUT2D eigenvalue weighted by atomic mass is 16.5. The molecule has 18 heavy (non-hydrogen) atoms. The zero-order valence-electron chi connectivity index (χ0n) is 11.5. The summed E-state index contributed by atoms with van der Waals surface area (Å²) < 4.78 is 15.5. The van der Waals surface area contributed by atoms with E-state index < -0.39 is 11.5 Å². The summed E-state index contributed by atoms with van der Waals surface area (Å²) in [5.74, 6) is -0.912. The monoisotopic (exact) mass is 263 g/mol. The topological polar surface area (TPSA) is 77.0 Å². The molecule has 1 atom stereocenters. The molecule has 0 aliphatic heterocycles. The number of carboxylic acid groups (broad SMARTS) is 1. The van der Waals surface area contributed by atoms with Crippen LogP contribution in [0, 0.1) is 0 Å². The zero-order valence-corrected chi connectivity index (χ0v) is 11.5. The standard InChI is InChI=1S/C12H25NO5/c1-4-13-12(2,11(14)15)10-18-9-8-17-7-5-6-16-3/h13H,4-10H2,1-3H3,(H,14,15). The van der Waals surface area contributed by atoms with Crippen LogP contribution in [0.2, 0.25) is 0 Å². The largest absolute Gasteiger partial charge is 0.480 e. The number of hydrogen-bond acceptors (Lipinski definition) is 5. The third kappa shape index (κ3) is 7.60. The van der Waals surface area contributed by atoms with Crippen LogP contribution in [0.15, 0.2) is 0 Å². The van der Waals surface area contributed by atoms with E-state index in [1.54, 1.807) is 14.0 Å². The van der Waals surface area contributed by atoms with Gasteiger partial charge in [0, 0.05) is 20.3 Å². The number of aliphatic carboxylic acids is 1. The second-order valence-corrected chi connectivity index (χ2v) is 4.18. The van der Waals surface area contributed by atoms with Gasteiger partial charge in [0.15, 0.2) is 0 Å². The Balaban J connectivity index is 3.59. The fourth-order valence-corrected chi connectivity index (χ4v) is 1.38. The van der Waals surface area contributed by atoms with Gasteiger partial charge in [-0.1, -0.05) is 6.92 Å². The van der Waals surface area contributed by atoms with E-state index in [-0.39, 0.29) is 6.61 Å². The van der Waals surface area contributed by atoms with Crippen molar-refractivity contribution < 1.29 is 24.1 Å². The van der Waals surface area contributed by atoms with Crippen LogP contribution in [0.5, 0.6) is 0 Å². The molecule has 0 aliphatic carbocycles. The zero-order chi connectivity index (χ0) is 13.9. The van der Waals surface area contributed by atoms with Crippen molar-refractivity contribution in [3.8, 4) is 0 Å². The Labute approximate surface area is 109 Å². The Morgan fingerprint density at radius 3 is 2.44 bits per heavy atom.